The van der Waals surface area contributed by atoms with Crippen LogP contribution >= 0.6 is 11.3 Å². The van der Waals surface area contributed by atoms with E-state index in [9.17, 15) is 13.5 Å². The van der Waals surface area contributed by atoms with Crippen molar-refractivity contribution in [1.29, 1.82) is 0 Å². The number of aliphatic hydroxyl groups is 1. The van der Waals surface area contributed by atoms with Gasteiger partial charge >= 0.3 is 0 Å². The first-order chi connectivity index (χ1) is 8.47. The summed E-state index contributed by atoms with van der Waals surface area (Å²) in [7, 11) is -3.56. The molecule has 1 aromatic rings. The summed E-state index contributed by atoms with van der Waals surface area (Å²) in [5, 5.41) is 9.48. The van der Waals surface area contributed by atoms with E-state index in [0.717, 1.165) is 4.88 Å². The largest absolute Gasteiger partial charge is 0.394 e. The number of rotatable bonds is 4. The highest BCUT2D eigenvalue weighted by atomic mass is 32.2. The molecule has 0 atom stereocenters. The minimum atomic E-state index is -3.56. The lowest BCUT2D eigenvalue weighted by Gasteiger charge is -2.35. The van der Waals surface area contributed by atoms with Gasteiger partial charge in [0, 0.05) is 18.1 Å². The summed E-state index contributed by atoms with van der Waals surface area (Å²) >= 11 is 1.23. The number of aryl methyl sites for hydroxylation is 1. The molecule has 102 valence electrons. The average Bonchev–Trinajstić information content (AvgIpc) is 2.77. The summed E-state index contributed by atoms with van der Waals surface area (Å²) in [6, 6.07) is 3.36. The van der Waals surface area contributed by atoms with Gasteiger partial charge < -0.3 is 9.84 Å². The lowest BCUT2D eigenvalue weighted by molar-refractivity contribution is 0.0223. The van der Waals surface area contributed by atoms with E-state index in [1.807, 2.05) is 6.92 Å². The highest BCUT2D eigenvalue weighted by Crippen LogP contribution is 2.26. The number of ether oxygens (including phenoxy) is 1. The molecule has 1 fully saturated rings. The van der Waals surface area contributed by atoms with Gasteiger partial charge in [0.2, 0.25) is 0 Å². The monoisotopic (exact) mass is 291 g/mol. The normalized spacial score (nSPS) is 19.9. The van der Waals surface area contributed by atoms with Gasteiger partial charge in [0.25, 0.3) is 10.0 Å². The highest BCUT2D eigenvalue weighted by Gasteiger charge is 2.36. The first-order valence-electron chi connectivity index (χ1n) is 5.76. The van der Waals surface area contributed by atoms with Gasteiger partial charge in [-0.2, -0.15) is 0 Å². The Bertz CT molecular complexity index is 503. The Morgan fingerprint density at radius 1 is 1.44 bits per heavy atom. The van der Waals surface area contributed by atoms with E-state index in [1.165, 1.54) is 11.3 Å². The molecule has 2 rings (SSSR count). The zero-order valence-electron chi connectivity index (χ0n) is 10.2. The third kappa shape index (κ3) is 2.92. The molecule has 18 heavy (non-hydrogen) atoms. The van der Waals surface area contributed by atoms with Crippen molar-refractivity contribution in [3.8, 4) is 0 Å². The molecular formula is C11H17NO4S2. The van der Waals surface area contributed by atoms with Crippen LogP contribution in [-0.2, 0) is 14.8 Å². The van der Waals surface area contributed by atoms with E-state index in [4.69, 9.17) is 4.74 Å². The summed E-state index contributed by atoms with van der Waals surface area (Å²) in [4.78, 5) is 0.945. The molecule has 2 N–H and O–H groups in total. The average molecular weight is 291 g/mol. The van der Waals surface area contributed by atoms with Crippen LogP contribution in [-0.4, -0.2) is 38.9 Å². The Morgan fingerprint density at radius 3 is 2.61 bits per heavy atom. The molecule has 0 aromatic carbocycles. The molecule has 5 nitrogen and oxygen atoms in total. The summed E-state index contributed by atoms with van der Waals surface area (Å²) in [5.74, 6) is 0. The first kappa shape index (κ1) is 14.0. The van der Waals surface area contributed by atoms with Gasteiger partial charge in [-0.15, -0.1) is 11.3 Å². The predicted molar refractivity (Wildman–Crippen MR) is 69.2 cm³/mol. The molecule has 0 spiro atoms. The highest BCUT2D eigenvalue weighted by molar-refractivity contribution is 7.91. The Balaban J connectivity index is 2.21. The lowest BCUT2D eigenvalue weighted by atomic mass is 9.93. The second-order valence-corrected chi connectivity index (χ2v) is 7.72. The van der Waals surface area contributed by atoms with E-state index in [-0.39, 0.29) is 6.61 Å². The molecule has 1 aromatic heterocycles. The third-order valence-electron chi connectivity index (χ3n) is 3.08. The molecule has 1 aliphatic heterocycles. The molecule has 0 saturated carbocycles. The minimum absolute atomic E-state index is 0.208. The first-order valence-corrected chi connectivity index (χ1v) is 8.06. The third-order valence-corrected chi connectivity index (χ3v) is 6.16. The Kier molecular flexibility index (Phi) is 4.08. The molecule has 1 aliphatic rings. The quantitative estimate of drug-likeness (QED) is 0.863. The fourth-order valence-electron chi connectivity index (χ4n) is 1.95. The van der Waals surface area contributed by atoms with Gasteiger partial charge in [0.15, 0.2) is 0 Å². The fraction of sp³-hybridized carbons (Fsp3) is 0.636. The molecule has 0 amide bonds. The van der Waals surface area contributed by atoms with Crippen molar-refractivity contribution in [2.45, 2.75) is 29.5 Å². The van der Waals surface area contributed by atoms with E-state index in [1.54, 1.807) is 12.1 Å². The van der Waals surface area contributed by atoms with Crippen molar-refractivity contribution < 1.29 is 18.3 Å². The minimum Gasteiger partial charge on any atom is -0.394 e. The summed E-state index contributed by atoms with van der Waals surface area (Å²) in [5.41, 5.74) is -0.783. The van der Waals surface area contributed by atoms with E-state index >= 15 is 0 Å². The van der Waals surface area contributed by atoms with Crippen LogP contribution in [0, 0.1) is 6.92 Å². The molecule has 7 heteroatoms. The van der Waals surface area contributed by atoms with E-state index in [2.05, 4.69) is 4.72 Å². The molecule has 0 bridgehead atoms. The SMILES string of the molecule is Cc1ccc(S(=O)(=O)NC2(CO)CCOCC2)s1. The second kappa shape index (κ2) is 5.26. The van der Waals surface area contributed by atoms with Crippen molar-refractivity contribution in [3.63, 3.8) is 0 Å². The zero-order chi connectivity index (χ0) is 13.2. The number of sulfonamides is 1. The van der Waals surface area contributed by atoms with Crippen molar-refractivity contribution in [2.24, 2.45) is 0 Å². The fourth-order valence-corrected chi connectivity index (χ4v) is 4.68. The molecule has 0 aliphatic carbocycles. The zero-order valence-corrected chi connectivity index (χ0v) is 11.8. The standard InChI is InChI=1S/C11H17NO4S2/c1-9-2-3-10(17-9)18(14,15)12-11(8-13)4-6-16-7-5-11/h2-3,12-13H,4-8H2,1H3. The predicted octanol–water partition coefficient (Wildman–Crippen LogP) is 0.876. The lowest BCUT2D eigenvalue weighted by Crippen LogP contribution is -2.54. The van der Waals surface area contributed by atoms with Gasteiger partial charge in [-0.1, -0.05) is 0 Å². The molecule has 0 unspecified atom stereocenters. The van der Waals surface area contributed by atoms with Crippen LogP contribution < -0.4 is 4.72 Å². The number of hydrogen-bond acceptors (Lipinski definition) is 5. The van der Waals surface area contributed by atoms with Gasteiger partial charge in [0.05, 0.1) is 12.1 Å². The molecule has 0 radical (unpaired) electrons. The van der Waals surface area contributed by atoms with Crippen LogP contribution in [0.25, 0.3) is 0 Å². The van der Waals surface area contributed by atoms with Crippen LogP contribution in [0.4, 0.5) is 0 Å². The maximum absolute atomic E-state index is 12.2. The molecule has 2 heterocycles. The van der Waals surface area contributed by atoms with Gasteiger partial charge in [-0.3, -0.25) is 0 Å². The van der Waals surface area contributed by atoms with Gasteiger partial charge in [-0.05, 0) is 31.9 Å². The van der Waals surface area contributed by atoms with Gasteiger partial charge in [-0.25, -0.2) is 13.1 Å². The number of thiophene rings is 1. The summed E-state index contributed by atoms with van der Waals surface area (Å²) in [6.07, 6.45) is 0.986. The summed E-state index contributed by atoms with van der Waals surface area (Å²) < 4.78 is 32.6. The van der Waals surface area contributed by atoms with Crippen LogP contribution in [0.1, 0.15) is 17.7 Å². The van der Waals surface area contributed by atoms with Crippen LogP contribution in [0.3, 0.4) is 0 Å². The maximum Gasteiger partial charge on any atom is 0.250 e. The Labute approximate surface area is 111 Å². The second-order valence-electron chi connectivity index (χ2n) is 4.52. The van der Waals surface area contributed by atoms with E-state index in [0.29, 0.717) is 30.3 Å². The number of nitrogens with one attached hydrogen (secondary N) is 1. The van der Waals surface area contributed by atoms with Crippen LogP contribution in [0.15, 0.2) is 16.3 Å². The van der Waals surface area contributed by atoms with Crippen LogP contribution in [0.2, 0.25) is 0 Å². The summed E-state index contributed by atoms with van der Waals surface area (Å²) in [6.45, 7) is 2.58. The number of hydrogen-bond donors (Lipinski definition) is 2. The van der Waals surface area contributed by atoms with Crippen LogP contribution in [0.5, 0.6) is 0 Å². The topological polar surface area (TPSA) is 75.6 Å². The Hall–Kier alpha value is -0.470. The van der Waals surface area contributed by atoms with E-state index < -0.39 is 15.6 Å². The molecular weight excluding hydrogens is 274 g/mol. The van der Waals surface area contributed by atoms with Crippen molar-refractivity contribution in [1.82, 2.24) is 4.72 Å². The van der Waals surface area contributed by atoms with Crippen molar-refractivity contribution in [3.05, 3.63) is 17.0 Å². The number of aliphatic hydroxyl groups excluding tert-OH is 1. The Morgan fingerprint density at radius 2 is 2.11 bits per heavy atom. The van der Waals surface area contributed by atoms with Crippen molar-refractivity contribution in [2.75, 3.05) is 19.8 Å². The van der Waals surface area contributed by atoms with Gasteiger partial charge in [0.1, 0.15) is 4.21 Å². The smallest absolute Gasteiger partial charge is 0.250 e. The van der Waals surface area contributed by atoms with Crippen molar-refractivity contribution >= 4 is 21.4 Å². The maximum atomic E-state index is 12.2. The molecule has 1 saturated heterocycles.